The molecule has 1 aliphatic carbocycles. The van der Waals surface area contributed by atoms with Crippen LogP contribution < -0.4 is 15.5 Å². The highest BCUT2D eigenvalue weighted by molar-refractivity contribution is 5.81. The van der Waals surface area contributed by atoms with Crippen LogP contribution in [0.25, 0.3) is 0 Å². The van der Waals surface area contributed by atoms with Crippen molar-refractivity contribution in [3.63, 3.8) is 0 Å². The number of halogens is 1. The van der Waals surface area contributed by atoms with Crippen molar-refractivity contribution in [3.8, 4) is 0 Å². The SMILES string of the molecule is CCNC(=O)CN(CC)c1ccc(F)cc1CNC1CC1. The summed E-state index contributed by atoms with van der Waals surface area (Å²) in [7, 11) is 0. The molecule has 0 unspecified atom stereocenters. The number of carbonyl (C=O) groups is 1. The average molecular weight is 293 g/mol. The van der Waals surface area contributed by atoms with Crippen LogP contribution in [-0.2, 0) is 11.3 Å². The lowest BCUT2D eigenvalue weighted by Gasteiger charge is -2.25. The van der Waals surface area contributed by atoms with E-state index in [0.29, 0.717) is 32.2 Å². The van der Waals surface area contributed by atoms with Crippen molar-refractivity contribution in [2.24, 2.45) is 0 Å². The van der Waals surface area contributed by atoms with Crippen molar-refractivity contribution in [1.82, 2.24) is 10.6 Å². The Morgan fingerprint density at radius 3 is 2.76 bits per heavy atom. The second kappa shape index (κ2) is 7.41. The summed E-state index contributed by atoms with van der Waals surface area (Å²) in [5, 5.41) is 6.20. The molecule has 0 spiro atoms. The van der Waals surface area contributed by atoms with E-state index in [1.807, 2.05) is 18.7 Å². The highest BCUT2D eigenvalue weighted by Gasteiger charge is 2.21. The summed E-state index contributed by atoms with van der Waals surface area (Å²) in [4.78, 5) is 13.8. The molecule has 21 heavy (non-hydrogen) atoms. The van der Waals surface area contributed by atoms with E-state index in [9.17, 15) is 9.18 Å². The minimum absolute atomic E-state index is 0.00947. The van der Waals surface area contributed by atoms with E-state index in [1.165, 1.54) is 18.9 Å². The Morgan fingerprint density at radius 1 is 1.38 bits per heavy atom. The van der Waals surface area contributed by atoms with Gasteiger partial charge in [-0.05, 0) is 50.5 Å². The number of anilines is 1. The summed E-state index contributed by atoms with van der Waals surface area (Å²) in [6.07, 6.45) is 2.39. The first kappa shape index (κ1) is 15.8. The van der Waals surface area contributed by atoms with Gasteiger partial charge in [0, 0.05) is 31.4 Å². The second-order valence-corrected chi connectivity index (χ2v) is 5.40. The van der Waals surface area contributed by atoms with Crippen LogP contribution in [0.1, 0.15) is 32.3 Å². The Kier molecular flexibility index (Phi) is 5.56. The molecule has 1 fully saturated rings. The molecule has 1 saturated carbocycles. The zero-order chi connectivity index (χ0) is 15.2. The van der Waals surface area contributed by atoms with Gasteiger partial charge in [0.15, 0.2) is 0 Å². The van der Waals surface area contributed by atoms with E-state index >= 15 is 0 Å². The van der Waals surface area contributed by atoms with Gasteiger partial charge < -0.3 is 15.5 Å². The smallest absolute Gasteiger partial charge is 0.239 e. The lowest BCUT2D eigenvalue weighted by molar-refractivity contribution is -0.119. The summed E-state index contributed by atoms with van der Waals surface area (Å²) in [5.74, 6) is -0.245. The predicted molar refractivity (Wildman–Crippen MR) is 82.8 cm³/mol. The molecule has 0 atom stereocenters. The third-order valence-corrected chi connectivity index (χ3v) is 3.63. The van der Waals surface area contributed by atoms with Gasteiger partial charge in [0.25, 0.3) is 0 Å². The third-order valence-electron chi connectivity index (χ3n) is 3.63. The largest absolute Gasteiger partial charge is 0.362 e. The maximum Gasteiger partial charge on any atom is 0.239 e. The summed E-state index contributed by atoms with van der Waals surface area (Å²) >= 11 is 0. The highest BCUT2D eigenvalue weighted by Crippen LogP contribution is 2.24. The number of amides is 1. The Bertz CT molecular complexity index is 488. The summed E-state index contributed by atoms with van der Waals surface area (Å²) in [5.41, 5.74) is 1.84. The molecule has 1 aromatic rings. The molecule has 1 aliphatic rings. The predicted octanol–water partition coefficient (Wildman–Crippen LogP) is 2.04. The summed E-state index contributed by atoms with van der Waals surface area (Å²) < 4.78 is 13.5. The van der Waals surface area contributed by atoms with Crippen LogP contribution in [0.15, 0.2) is 18.2 Å². The minimum Gasteiger partial charge on any atom is -0.362 e. The van der Waals surface area contributed by atoms with Crippen molar-refractivity contribution >= 4 is 11.6 Å². The van der Waals surface area contributed by atoms with Crippen molar-refractivity contribution < 1.29 is 9.18 Å². The number of nitrogens with one attached hydrogen (secondary N) is 2. The molecule has 116 valence electrons. The minimum atomic E-state index is -0.236. The van der Waals surface area contributed by atoms with Crippen LogP contribution in [0.4, 0.5) is 10.1 Å². The van der Waals surface area contributed by atoms with Crippen molar-refractivity contribution in [1.29, 1.82) is 0 Å². The van der Waals surface area contributed by atoms with Gasteiger partial charge in [-0.2, -0.15) is 0 Å². The zero-order valence-corrected chi connectivity index (χ0v) is 12.8. The Morgan fingerprint density at radius 2 is 2.14 bits per heavy atom. The van der Waals surface area contributed by atoms with Gasteiger partial charge in [-0.1, -0.05) is 0 Å². The van der Waals surface area contributed by atoms with Gasteiger partial charge >= 0.3 is 0 Å². The van der Waals surface area contributed by atoms with E-state index in [-0.39, 0.29) is 11.7 Å². The van der Waals surface area contributed by atoms with Crippen LogP contribution >= 0.6 is 0 Å². The third kappa shape index (κ3) is 4.70. The van der Waals surface area contributed by atoms with Crippen molar-refractivity contribution in [2.75, 3.05) is 24.5 Å². The molecule has 0 aliphatic heterocycles. The van der Waals surface area contributed by atoms with Crippen LogP contribution in [0.5, 0.6) is 0 Å². The molecule has 2 rings (SSSR count). The summed E-state index contributed by atoms with van der Waals surface area (Å²) in [6, 6.07) is 5.35. The van der Waals surface area contributed by atoms with E-state index < -0.39 is 0 Å². The molecule has 5 heteroatoms. The molecule has 0 heterocycles. The molecule has 4 nitrogen and oxygen atoms in total. The normalized spacial score (nSPS) is 14.0. The lowest BCUT2D eigenvalue weighted by atomic mass is 10.1. The zero-order valence-electron chi connectivity index (χ0n) is 12.8. The molecule has 0 aromatic heterocycles. The monoisotopic (exact) mass is 293 g/mol. The number of carbonyl (C=O) groups excluding carboxylic acids is 1. The quantitative estimate of drug-likeness (QED) is 0.771. The van der Waals surface area contributed by atoms with Crippen LogP contribution in [-0.4, -0.2) is 31.6 Å². The van der Waals surface area contributed by atoms with Crippen molar-refractivity contribution in [2.45, 2.75) is 39.3 Å². The van der Waals surface area contributed by atoms with Gasteiger partial charge in [-0.3, -0.25) is 4.79 Å². The molecule has 0 saturated heterocycles. The van der Waals surface area contributed by atoms with Crippen LogP contribution in [0, 0.1) is 5.82 Å². The number of rotatable bonds is 8. The standard InChI is InChI=1S/C16H24FN3O/c1-3-18-16(21)11-20(4-2)15-8-5-13(17)9-12(15)10-19-14-6-7-14/h5,8-9,14,19H,3-4,6-7,10-11H2,1-2H3,(H,18,21). The topological polar surface area (TPSA) is 44.4 Å². The Balaban J connectivity index is 2.11. The van der Waals surface area contributed by atoms with Gasteiger partial charge in [0.05, 0.1) is 6.54 Å². The van der Waals surface area contributed by atoms with Crippen LogP contribution in [0.3, 0.4) is 0 Å². The highest BCUT2D eigenvalue weighted by atomic mass is 19.1. The van der Waals surface area contributed by atoms with E-state index in [1.54, 1.807) is 12.1 Å². The number of likely N-dealkylation sites (N-methyl/N-ethyl adjacent to an activating group) is 2. The maximum atomic E-state index is 13.5. The first-order chi connectivity index (χ1) is 10.1. The molecule has 2 N–H and O–H groups in total. The molecule has 1 amide bonds. The van der Waals surface area contributed by atoms with Crippen molar-refractivity contribution in [3.05, 3.63) is 29.6 Å². The first-order valence-corrected chi connectivity index (χ1v) is 7.67. The number of benzene rings is 1. The molecule has 0 bridgehead atoms. The Hall–Kier alpha value is -1.62. The van der Waals surface area contributed by atoms with Gasteiger partial charge in [-0.25, -0.2) is 4.39 Å². The van der Waals surface area contributed by atoms with Gasteiger partial charge in [0.2, 0.25) is 5.91 Å². The summed E-state index contributed by atoms with van der Waals surface area (Å²) in [6.45, 7) is 6.17. The fraction of sp³-hybridized carbons (Fsp3) is 0.562. The fourth-order valence-corrected chi connectivity index (χ4v) is 2.34. The second-order valence-electron chi connectivity index (χ2n) is 5.40. The molecule has 1 aromatic carbocycles. The van der Waals surface area contributed by atoms with E-state index in [4.69, 9.17) is 0 Å². The van der Waals surface area contributed by atoms with Gasteiger partial charge in [0.1, 0.15) is 5.82 Å². The number of hydrogen-bond acceptors (Lipinski definition) is 3. The Labute approximate surface area is 125 Å². The van der Waals surface area contributed by atoms with Crippen LogP contribution in [0.2, 0.25) is 0 Å². The lowest BCUT2D eigenvalue weighted by Crippen LogP contribution is -2.37. The van der Waals surface area contributed by atoms with E-state index in [0.717, 1.165) is 11.3 Å². The molecular formula is C16H24FN3O. The fourth-order valence-electron chi connectivity index (χ4n) is 2.34. The molecule has 0 radical (unpaired) electrons. The number of nitrogens with zero attached hydrogens (tertiary/aromatic N) is 1. The first-order valence-electron chi connectivity index (χ1n) is 7.67. The maximum absolute atomic E-state index is 13.5. The number of hydrogen-bond donors (Lipinski definition) is 2. The van der Waals surface area contributed by atoms with Gasteiger partial charge in [-0.15, -0.1) is 0 Å². The average Bonchev–Trinajstić information content (AvgIpc) is 3.27. The van der Waals surface area contributed by atoms with E-state index in [2.05, 4.69) is 10.6 Å². The molecular weight excluding hydrogens is 269 g/mol.